The molecule has 0 bridgehead atoms. The average Bonchev–Trinajstić information content (AvgIpc) is 2.85. The van der Waals surface area contributed by atoms with E-state index in [0.29, 0.717) is 10.6 Å². The highest BCUT2D eigenvalue weighted by molar-refractivity contribution is 7.92. The molecule has 0 fully saturated rings. The quantitative estimate of drug-likeness (QED) is 0.376. The van der Waals surface area contributed by atoms with Crippen LogP contribution in [0.5, 0.6) is 0 Å². The van der Waals surface area contributed by atoms with Gasteiger partial charge in [-0.15, -0.1) is 0 Å². The summed E-state index contributed by atoms with van der Waals surface area (Å²) in [6.45, 7) is 8.28. The first-order valence-electron chi connectivity index (χ1n) is 12.4. The van der Waals surface area contributed by atoms with E-state index < -0.39 is 45.8 Å². The number of aryl methyl sites for hydroxylation is 1. The number of hydrogen-bond acceptors (Lipinski definition) is 4. The lowest BCUT2D eigenvalue weighted by molar-refractivity contribution is -0.140. The molecular formula is C29H33ClFN3O4S. The van der Waals surface area contributed by atoms with Gasteiger partial charge in [0.05, 0.1) is 10.6 Å². The minimum Gasteiger partial charge on any atom is -0.350 e. The van der Waals surface area contributed by atoms with Crippen LogP contribution in [0.25, 0.3) is 0 Å². The molecule has 0 saturated carbocycles. The third-order valence-electron chi connectivity index (χ3n) is 5.91. The number of carbonyl (C=O) groups excluding carboxylic acids is 2. The van der Waals surface area contributed by atoms with Gasteiger partial charge in [-0.25, -0.2) is 12.8 Å². The Bertz CT molecular complexity index is 1420. The van der Waals surface area contributed by atoms with Crippen molar-refractivity contribution in [3.8, 4) is 0 Å². The van der Waals surface area contributed by atoms with Crippen molar-refractivity contribution in [1.82, 2.24) is 10.2 Å². The maximum Gasteiger partial charge on any atom is 0.264 e. The maximum atomic E-state index is 13.9. The Morgan fingerprint density at radius 3 is 2.18 bits per heavy atom. The van der Waals surface area contributed by atoms with Crippen LogP contribution in [0.15, 0.2) is 77.7 Å². The van der Waals surface area contributed by atoms with Gasteiger partial charge in [0, 0.05) is 17.1 Å². The fourth-order valence-electron chi connectivity index (χ4n) is 3.86. The molecular weight excluding hydrogens is 541 g/mol. The van der Waals surface area contributed by atoms with Gasteiger partial charge in [0.2, 0.25) is 11.8 Å². The summed E-state index contributed by atoms with van der Waals surface area (Å²) in [5.74, 6) is -1.56. The molecule has 0 saturated heterocycles. The monoisotopic (exact) mass is 573 g/mol. The molecule has 7 nitrogen and oxygen atoms in total. The van der Waals surface area contributed by atoms with Crippen LogP contribution >= 0.6 is 11.6 Å². The summed E-state index contributed by atoms with van der Waals surface area (Å²) < 4.78 is 42.1. The van der Waals surface area contributed by atoms with Crippen LogP contribution in [-0.2, 0) is 26.2 Å². The van der Waals surface area contributed by atoms with Crippen molar-refractivity contribution >= 4 is 39.1 Å². The largest absolute Gasteiger partial charge is 0.350 e. The number of nitrogens with zero attached hydrogens (tertiary/aromatic N) is 2. The zero-order valence-corrected chi connectivity index (χ0v) is 24.2. The van der Waals surface area contributed by atoms with Crippen LogP contribution < -0.4 is 9.62 Å². The molecule has 39 heavy (non-hydrogen) atoms. The molecule has 0 heterocycles. The van der Waals surface area contributed by atoms with Crippen molar-refractivity contribution in [1.29, 1.82) is 0 Å². The van der Waals surface area contributed by atoms with Gasteiger partial charge < -0.3 is 10.2 Å². The molecule has 1 atom stereocenters. The lowest BCUT2D eigenvalue weighted by Gasteiger charge is -2.33. The Hall–Kier alpha value is -3.43. The smallest absolute Gasteiger partial charge is 0.264 e. The van der Waals surface area contributed by atoms with Crippen molar-refractivity contribution in [2.45, 2.75) is 57.6 Å². The summed E-state index contributed by atoms with van der Waals surface area (Å²) in [6, 6.07) is 17.0. The van der Waals surface area contributed by atoms with Crippen molar-refractivity contribution < 1.29 is 22.4 Å². The molecule has 0 unspecified atom stereocenters. The standard InChI is InChI=1S/C29H33ClFN3O4S/c1-20-9-15-26(16-10-20)39(37,38)34(25-13-11-24(31)12-14-25)19-27(35)33(18-22-7-6-8-23(30)17-22)21(2)28(36)32-29(3,4)5/h6-17,21H,18-19H2,1-5H3,(H,32,36)/t21-/m0/s1. The van der Waals surface area contributed by atoms with Crippen molar-refractivity contribution in [2.24, 2.45) is 0 Å². The first-order chi connectivity index (χ1) is 18.2. The molecule has 3 aromatic rings. The Morgan fingerprint density at radius 2 is 1.62 bits per heavy atom. The van der Waals surface area contributed by atoms with Gasteiger partial charge in [-0.05, 0) is 88.7 Å². The molecule has 3 aromatic carbocycles. The molecule has 1 N–H and O–H groups in total. The SMILES string of the molecule is Cc1ccc(S(=O)(=O)N(CC(=O)N(Cc2cccc(Cl)c2)[C@@H](C)C(=O)NC(C)(C)C)c2ccc(F)cc2)cc1. The highest BCUT2D eigenvalue weighted by Gasteiger charge is 2.33. The van der Waals surface area contributed by atoms with E-state index in [1.54, 1.807) is 43.3 Å². The Balaban J connectivity index is 2.03. The maximum absolute atomic E-state index is 13.9. The zero-order chi connectivity index (χ0) is 29.0. The minimum atomic E-state index is -4.22. The third kappa shape index (κ3) is 8.03. The molecule has 208 valence electrons. The summed E-state index contributed by atoms with van der Waals surface area (Å²) >= 11 is 6.15. The fourth-order valence-corrected chi connectivity index (χ4v) is 5.49. The number of halogens is 2. The first kappa shape index (κ1) is 30.1. The Morgan fingerprint density at radius 1 is 1.00 bits per heavy atom. The normalized spacial score (nSPS) is 12.5. The lowest BCUT2D eigenvalue weighted by atomic mass is 10.1. The summed E-state index contributed by atoms with van der Waals surface area (Å²) in [4.78, 5) is 28.3. The van der Waals surface area contributed by atoms with Gasteiger partial charge >= 0.3 is 0 Å². The second-order valence-electron chi connectivity index (χ2n) is 10.4. The minimum absolute atomic E-state index is 0.0138. The average molecular weight is 574 g/mol. The number of benzene rings is 3. The summed E-state index contributed by atoms with van der Waals surface area (Å²) in [6.07, 6.45) is 0. The van der Waals surface area contributed by atoms with Crippen LogP contribution in [0, 0.1) is 12.7 Å². The van der Waals surface area contributed by atoms with Gasteiger partial charge in [-0.1, -0.05) is 41.4 Å². The number of rotatable bonds is 9. The second-order valence-corrected chi connectivity index (χ2v) is 12.7. The molecule has 3 rings (SSSR count). The topological polar surface area (TPSA) is 86.8 Å². The van der Waals surface area contributed by atoms with Crippen LogP contribution in [0.3, 0.4) is 0 Å². The van der Waals surface area contributed by atoms with E-state index in [1.807, 2.05) is 27.7 Å². The number of nitrogens with one attached hydrogen (secondary N) is 1. The molecule has 0 aliphatic carbocycles. The molecule has 10 heteroatoms. The second kappa shape index (κ2) is 12.2. The predicted octanol–water partition coefficient (Wildman–Crippen LogP) is 5.31. The van der Waals surface area contributed by atoms with E-state index in [4.69, 9.17) is 11.6 Å². The van der Waals surface area contributed by atoms with Crippen LogP contribution in [0.2, 0.25) is 5.02 Å². The van der Waals surface area contributed by atoms with E-state index in [9.17, 15) is 22.4 Å². The molecule has 0 aliphatic rings. The molecule has 2 amide bonds. The number of anilines is 1. The van der Waals surface area contributed by atoms with Gasteiger partial charge in [-0.2, -0.15) is 0 Å². The van der Waals surface area contributed by atoms with Gasteiger partial charge in [-0.3, -0.25) is 13.9 Å². The van der Waals surface area contributed by atoms with Gasteiger partial charge in [0.25, 0.3) is 10.0 Å². The highest BCUT2D eigenvalue weighted by atomic mass is 35.5. The Labute approximate surface area is 234 Å². The first-order valence-corrected chi connectivity index (χ1v) is 14.2. The summed E-state index contributed by atoms with van der Waals surface area (Å²) in [5.41, 5.74) is 1.09. The van der Waals surface area contributed by atoms with E-state index >= 15 is 0 Å². The van der Waals surface area contributed by atoms with Crippen molar-refractivity contribution in [2.75, 3.05) is 10.8 Å². The Kier molecular flexibility index (Phi) is 9.40. The summed E-state index contributed by atoms with van der Waals surface area (Å²) in [5, 5.41) is 3.33. The zero-order valence-electron chi connectivity index (χ0n) is 22.6. The number of hydrogen-bond donors (Lipinski definition) is 1. The van der Waals surface area contributed by atoms with Crippen molar-refractivity contribution in [3.63, 3.8) is 0 Å². The third-order valence-corrected chi connectivity index (χ3v) is 7.93. The van der Waals surface area contributed by atoms with Crippen LogP contribution in [-0.4, -0.2) is 43.3 Å². The van der Waals surface area contributed by atoms with Crippen LogP contribution in [0.1, 0.15) is 38.8 Å². The molecule has 0 radical (unpaired) electrons. The summed E-state index contributed by atoms with van der Waals surface area (Å²) in [7, 11) is -4.22. The van der Waals surface area contributed by atoms with E-state index in [1.165, 1.54) is 29.2 Å². The number of carbonyl (C=O) groups is 2. The lowest BCUT2D eigenvalue weighted by Crippen LogP contribution is -2.54. The fraction of sp³-hybridized carbons (Fsp3) is 0.310. The number of amides is 2. The van der Waals surface area contributed by atoms with Gasteiger partial charge in [0.15, 0.2) is 0 Å². The van der Waals surface area contributed by atoms with Gasteiger partial charge in [0.1, 0.15) is 18.4 Å². The van der Waals surface area contributed by atoms with E-state index in [0.717, 1.165) is 22.0 Å². The molecule has 0 aliphatic heterocycles. The predicted molar refractivity (Wildman–Crippen MR) is 151 cm³/mol. The van der Waals surface area contributed by atoms with Crippen molar-refractivity contribution in [3.05, 3.63) is 94.8 Å². The van der Waals surface area contributed by atoms with Crippen LogP contribution in [0.4, 0.5) is 10.1 Å². The van der Waals surface area contributed by atoms with E-state index in [-0.39, 0.29) is 17.1 Å². The molecule has 0 spiro atoms. The molecule has 0 aromatic heterocycles. The number of sulfonamides is 1. The van der Waals surface area contributed by atoms with E-state index in [2.05, 4.69) is 5.32 Å². The highest BCUT2D eigenvalue weighted by Crippen LogP contribution is 2.25.